The molecule has 1 saturated carbocycles. The number of nitrogens with zero attached hydrogens (tertiary/aromatic N) is 2. The molecular weight excluding hydrogens is 448 g/mol. The van der Waals surface area contributed by atoms with Crippen LogP contribution in [-0.2, 0) is 6.54 Å². The second kappa shape index (κ2) is 10.7. The third kappa shape index (κ3) is 8.59. The minimum absolute atomic E-state index is 0. The Hall–Kier alpha value is -1.26. The Morgan fingerprint density at radius 1 is 1.28 bits per heavy atom. The molecule has 0 saturated heterocycles. The Morgan fingerprint density at radius 2 is 2.00 bits per heavy atom. The van der Waals surface area contributed by atoms with E-state index >= 15 is 0 Å². The molecule has 5 nitrogen and oxygen atoms in total. The van der Waals surface area contributed by atoms with E-state index in [2.05, 4.69) is 25.3 Å². The molecule has 1 aliphatic carbocycles. The van der Waals surface area contributed by atoms with E-state index in [-0.39, 0.29) is 29.9 Å². The summed E-state index contributed by atoms with van der Waals surface area (Å²) >= 11 is 0. The normalized spacial score (nSPS) is 16.1. The van der Waals surface area contributed by atoms with Crippen molar-refractivity contribution in [3.63, 3.8) is 0 Å². The topological polar surface area (TPSA) is 58.5 Å². The van der Waals surface area contributed by atoms with Gasteiger partial charge in [0.1, 0.15) is 0 Å². The van der Waals surface area contributed by atoms with Crippen LogP contribution < -0.4 is 15.4 Å². The first kappa shape index (κ1) is 21.8. The summed E-state index contributed by atoms with van der Waals surface area (Å²) in [5.74, 6) is 0.681. The van der Waals surface area contributed by atoms with Gasteiger partial charge in [-0.05, 0) is 18.4 Å². The number of alkyl halides is 3. The number of nitrogens with one attached hydrogen (secondary N) is 2. The molecule has 0 spiro atoms. The highest BCUT2D eigenvalue weighted by molar-refractivity contribution is 14.0. The second-order valence-corrected chi connectivity index (χ2v) is 5.81. The van der Waals surface area contributed by atoms with Gasteiger partial charge in [0.05, 0.1) is 0 Å². The van der Waals surface area contributed by atoms with Crippen molar-refractivity contribution in [2.24, 2.45) is 4.99 Å². The van der Waals surface area contributed by atoms with E-state index in [0.29, 0.717) is 12.6 Å². The smallest absolute Gasteiger partial charge is 0.422 e. The maximum Gasteiger partial charge on any atom is 0.422 e. The van der Waals surface area contributed by atoms with Gasteiger partial charge >= 0.3 is 6.18 Å². The number of rotatable bonds is 5. The van der Waals surface area contributed by atoms with Crippen LogP contribution in [0, 0.1) is 0 Å². The molecule has 1 fully saturated rings. The Morgan fingerprint density at radius 3 is 2.56 bits per heavy atom. The second-order valence-electron chi connectivity index (χ2n) is 5.81. The maximum atomic E-state index is 12.1. The third-order valence-electron chi connectivity index (χ3n) is 3.81. The molecule has 0 aliphatic heterocycles. The fourth-order valence-corrected chi connectivity index (χ4v) is 2.58. The minimum Gasteiger partial charge on any atom is -0.468 e. The van der Waals surface area contributed by atoms with E-state index in [1.165, 1.54) is 31.5 Å². The Labute approximate surface area is 162 Å². The van der Waals surface area contributed by atoms with Gasteiger partial charge < -0.3 is 15.4 Å². The highest BCUT2D eigenvalue weighted by atomic mass is 127. The predicted octanol–water partition coefficient (Wildman–Crippen LogP) is 3.64. The molecule has 0 unspecified atom stereocenters. The van der Waals surface area contributed by atoms with Crippen molar-refractivity contribution >= 4 is 29.9 Å². The molecule has 1 aromatic rings. The zero-order valence-corrected chi connectivity index (χ0v) is 16.4. The third-order valence-corrected chi connectivity index (χ3v) is 3.81. The number of hydrogen-bond acceptors (Lipinski definition) is 3. The van der Waals surface area contributed by atoms with Crippen molar-refractivity contribution in [1.29, 1.82) is 0 Å². The minimum atomic E-state index is -4.36. The van der Waals surface area contributed by atoms with Crippen LogP contribution in [0.25, 0.3) is 0 Å². The molecule has 1 heterocycles. The lowest BCUT2D eigenvalue weighted by molar-refractivity contribution is -0.154. The summed E-state index contributed by atoms with van der Waals surface area (Å²) in [5.41, 5.74) is 0.834. The lowest BCUT2D eigenvalue weighted by Gasteiger charge is -2.24. The number of aromatic nitrogens is 1. The van der Waals surface area contributed by atoms with Gasteiger partial charge in [0, 0.05) is 31.9 Å². The highest BCUT2D eigenvalue weighted by Gasteiger charge is 2.28. The molecule has 0 amide bonds. The molecule has 25 heavy (non-hydrogen) atoms. The van der Waals surface area contributed by atoms with E-state index in [1.807, 2.05) is 0 Å². The zero-order chi connectivity index (χ0) is 17.4. The first-order chi connectivity index (χ1) is 11.5. The van der Waals surface area contributed by atoms with Gasteiger partial charge in [-0.3, -0.25) is 4.99 Å². The summed E-state index contributed by atoms with van der Waals surface area (Å²) in [4.78, 5) is 8.07. The van der Waals surface area contributed by atoms with Gasteiger partial charge in [0.15, 0.2) is 12.6 Å². The van der Waals surface area contributed by atoms with Crippen molar-refractivity contribution in [3.8, 4) is 5.88 Å². The summed E-state index contributed by atoms with van der Waals surface area (Å²) in [6.07, 6.45) is 3.18. The van der Waals surface area contributed by atoms with Crippen molar-refractivity contribution < 1.29 is 17.9 Å². The quantitative estimate of drug-likeness (QED) is 0.391. The molecule has 0 radical (unpaired) electrons. The first-order valence-electron chi connectivity index (χ1n) is 8.08. The van der Waals surface area contributed by atoms with Crippen molar-refractivity contribution in [2.75, 3.05) is 13.7 Å². The van der Waals surface area contributed by atoms with Gasteiger partial charge in [0.25, 0.3) is 0 Å². The van der Waals surface area contributed by atoms with Crippen molar-refractivity contribution in [3.05, 3.63) is 23.9 Å². The largest absolute Gasteiger partial charge is 0.468 e. The SMILES string of the molecule is CN=C(NCc1ccc(OCC(F)(F)F)nc1)NC1CCCCC1.I. The van der Waals surface area contributed by atoms with E-state index < -0.39 is 12.8 Å². The number of guanidine groups is 1. The van der Waals surface area contributed by atoms with E-state index in [9.17, 15) is 13.2 Å². The first-order valence-corrected chi connectivity index (χ1v) is 8.08. The lowest BCUT2D eigenvalue weighted by Crippen LogP contribution is -2.43. The summed E-state index contributed by atoms with van der Waals surface area (Å²) in [6.45, 7) is -0.853. The molecule has 0 aromatic carbocycles. The van der Waals surface area contributed by atoms with Gasteiger partial charge in [-0.15, -0.1) is 24.0 Å². The van der Waals surface area contributed by atoms with Gasteiger partial charge in [-0.25, -0.2) is 4.98 Å². The summed E-state index contributed by atoms with van der Waals surface area (Å²) < 4.78 is 40.8. The van der Waals surface area contributed by atoms with Crippen LogP contribution in [0.2, 0.25) is 0 Å². The number of halogens is 4. The molecular formula is C16H24F3IN4O. The van der Waals surface area contributed by atoms with Crippen LogP contribution >= 0.6 is 24.0 Å². The van der Waals surface area contributed by atoms with Crippen LogP contribution in [-0.4, -0.2) is 36.8 Å². The van der Waals surface area contributed by atoms with Gasteiger partial charge in [-0.1, -0.05) is 25.3 Å². The average Bonchev–Trinajstić information content (AvgIpc) is 2.58. The number of pyridine rings is 1. The van der Waals surface area contributed by atoms with Crippen LogP contribution in [0.5, 0.6) is 5.88 Å². The molecule has 1 aromatic heterocycles. The maximum absolute atomic E-state index is 12.1. The molecule has 2 N–H and O–H groups in total. The molecule has 9 heteroatoms. The lowest BCUT2D eigenvalue weighted by atomic mass is 9.96. The van der Waals surface area contributed by atoms with Crippen LogP contribution in [0.15, 0.2) is 23.3 Å². The van der Waals surface area contributed by atoms with Gasteiger partial charge in [-0.2, -0.15) is 13.2 Å². The average molecular weight is 472 g/mol. The van der Waals surface area contributed by atoms with Crippen LogP contribution in [0.4, 0.5) is 13.2 Å². The van der Waals surface area contributed by atoms with Crippen LogP contribution in [0.3, 0.4) is 0 Å². The molecule has 1 aliphatic rings. The highest BCUT2D eigenvalue weighted by Crippen LogP contribution is 2.18. The predicted molar refractivity (Wildman–Crippen MR) is 101 cm³/mol. The van der Waals surface area contributed by atoms with Crippen molar-refractivity contribution in [2.45, 2.75) is 50.9 Å². The Kier molecular flexibility index (Phi) is 9.30. The Bertz CT molecular complexity index is 531. The molecule has 2 rings (SSSR count). The molecule has 0 bridgehead atoms. The fraction of sp³-hybridized carbons (Fsp3) is 0.625. The standard InChI is InChI=1S/C16H23F3N4O.HI/c1-20-15(23-13-5-3-2-4-6-13)22-10-12-7-8-14(21-9-12)24-11-16(17,18)19;/h7-9,13H,2-6,10-11H2,1H3,(H2,20,22,23);1H. The monoisotopic (exact) mass is 472 g/mol. The van der Waals surface area contributed by atoms with Crippen molar-refractivity contribution in [1.82, 2.24) is 15.6 Å². The number of hydrogen-bond donors (Lipinski definition) is 2. The van der Waals surface area contributed by atoms with Gasteiger partial charge in [0.2, 0.25) is 5.88 Å². The molecule has 0 atom stereocenters. The summed E-state index contributed by atoms with van der Waals surface area (Å²) in [5, 5.41) is 6.58. The summed E-state index contributed by atoms with van der Waals surface area (Å²) in [6, 6.07) is 3.56. The van der Waals surface area contributed by atoms with E-state index in [1.54, 1.807) is 13.1 Å². The number of ether oxygens (including phenoxy) is 1. The summed E-state index contributed by atoms with van der Waals surface area (Å²) in [7, 11) is 1.71. The zero-order valence-electron chi connectivity index (χ0n) is 14.1. The Balaban J connectivity index is 0.00000312. The fourth-order valence-electron chi connectivity index (χ4n) is 2.58. The van der Waals surface area contributed by atoms with E-state index in [4.69, 9.17) is 0 Å². The molecule has 142 valence electrons. The number of aliphatic imine (C=N–C) groups is 1. The van der Waals surface area contributed by atoms with E-state index in [0.717, 1.165) is 24.4 Å². The van der Waals surface area contributed by atoms with Crippen LogP contribution in [0.1, 0.15) is 37.7 Å².